The number of benzene rings is 1. The summed E-state index contributed by atoms with van der Waals surface area (Å²) < 4.78 is 5.48. The van der Waals surface area contributed by atoms with Crippen molar-refractivity contribution >= 4 is 5.91 Å². The Morgan fingerprint density at radius 2 is 2.13 bits per heavy atom. The van der Waals surface area contributed by atoms with Crippen molar-refractivity contribution in [2.75, 3.05) is 6.61 Å². The largest absolute Gasteiger partial charge is 0.386 e. The van der Waals surface area contributed by atoms with E-state index in [1.165, 1.54) is 11.1 Å². The molecule has 1 aromatic heterocycles. The van der Waals surface area contributed by atoms with Gasteiger partial charge in [-0.15, -0.1) is 0 Å². The Bertz CT molecular complexity index is 788. The van der Waals surface area contributed by atoms with Crippen molar-refractivity contribution in [1.29, 1.82) is 0 Å². The molecule has 0 saturated heterocycles. The number of aliphatic hydroxyl groups excluding tert-OH is 1. The van der Waals surface area contributed by atoms with Gasteiger partial charge in [-0.05, 0) is 28.3 Å². The van der Waals surface area contributed by atoms with Crippen LogP contribution in [0.15, 0.2) is 30.6 Å². The quantitative estimate of drug-likeness (QED) is 0.877. The maximum absolute atomic E-state index is 11.6. The molecule has 0 radical (unpaired) electrons. The van der Waals surface area contributed by atoms with Crippen LogP contribution >= 0.6 is 0 Å². The molecule has 0 saturated carbocycles. The van der Waals surface area contributed by atoms with Crippen molar-refractivity contribution in [3.8, 4) is 11.1 Å². The molecule has 5 heteroatoms. The number of rotatable bonds is 1. The molecule has 3 heterocycles. The highest BCUT2D eigenvalue weighted by Gasteiger charge is 2.24. The lowest BCUT2D eigenvalue weighted by molar-refractivity contribution is -0.129. The maximum atomic E-state index is 11.6. The Kier molecular flexibility index (Phi) is 3.39. The van der Waals surface area contributed by atoms with E-state index in [1.54, 1.807) is 13.1 Å². The first-order valence-electron chi connectivity index (χ1n) is 7.74. The average Bonchev–Trinajstić information content (AvgIpc) is 2.98. The molecule has 1 aromatic carbocycles. The number of aliphatic hydroxyl groups is 1. The van der Waals surface area contributed by atoms with Crippen LogP contribution in [0.25, 0.3) is 11.1 Å². The summed E-state index contributed by atoms with van der Waals surface area (Å²) in [6.45, 7) is 3.73. The summed E-state index contributed by atoms with van der Waals surface area (Å²) in [5.74, 6) is 0.0954. The van der Waals surface area contributed by atoms with E-state index in [9.17, 15) is 9.90 Å². The summed E-state index contributed by atoms with van der Waals surface area (Å²) in [5, 5.41) is 10.1. The van der Waals surface area contributed by atoms with E-state index in [0.29, 0.717) is 26.3 Å². The Hall–Kier alpha value is -2.24. The molecule has 1 amide bonds. The molecule has 0 aliphatic carbocycles. The summed E-state index contributed by atoms with van der Waals surface area (Å²) in [5.41, 5.74) is 6.26. The van der Waals surface area contributed by atoms with Crippen molar-refractivity contribution < 1.29 is 14.6 Å². The zero-order chi connectivity index (χ0) is 16.0. The molecule has 4 rings (SSSR count). The summed E-state index contributed by atoms with van der Waals surface area (Å²) in [6.07, 6.45) is 2.92. The Morgan fingerprint density at radius 1 is 1.30 bits per heavy atom. The van der Waals surface area contributed by atoms with Crippen LogP contribution in [-0.2, 0) is 29.2 Å². The van der Waals surface area contributed by atoms with E-state index in [0.717, 1.165) is 22.3 Å². The lowest BCUT2D eigenvalue weighted by Gasteiger charge is -2.23. The molecule has 2 aliphatic rings. The molecular formula is C18H18N2O3. The second kappa shape index (κ2) is 5.44. The first-order valence-corrected chi connectivity index (χ1v) is 7.74. The fourth-order valence-corrected chi connectivity index (χ4v) is 3.35. The number of hydrogen-bond donors (Lipinski definition) is 1. The monoisotopic (exact) mass is 310 g/mol. The van der Waals surface area contributed by atoms with Crippen LogP contribution < -0.4 is 0 Å². The highest BCUT2D eigenvalue weighted by atomic mass is 16.5. The molecule has 0 bridgehead atoms. The molecule has 1 atom stereocenters. The Labute approximate surface area is 134 Å². The SMILES string of the molecule is CC(=O)N1Cc2ccc(-c3cncc4c3COCC4O)cc2C1. The lowest BCUT2D eigenvalue weighted by atomic mass is 9.93. The number of ether oxygens (including phenoxy) is 1. The van der Waals surface area contributed by atoms with Gasteiger partial charge in [-0.25, -0.2) is 0 Å². The van der Waals surface area contributed by atoms with Crippen LogP contribution in [0.4, 0.5) is 0 Å². The number of carbonyl (C=O) groups is 1. The molecule has 1 unspecified atom stereocenters. The van der Waals surface area contributed by atoms with Gasteiger partial charge in [-0.1, -0.05) is 12.1 Å². The van der Waals surface area contributed by atoms with Crippen LogP contribution in [0.1, 0.15) is 35.3 Å². The lowest BCUT2D eigenvalue weighted by Crippen LogP contribution is -2.21. The van der Waals surface area contributed by atoms with Gasteiger partial charge < -0.3 is 14.7 Å². The minimum absolute atomic E-state index is 0.0954. The van der Waals surface area contributed by atoms with Gasteiger partial charge in [0.05, 0.1) is 13.2 Å². The van der Waals surface area contributed by atoms with E-state index in [1.807, 2.05) is 11.1 Å². The van der Waals surface area contributed by atoms with Gasteiger partial charge >= 0.3 is 0 Å². The van der Waals surface area contributed by atoms with Crippen molar-refractivity contribution in [1.82, 2.24) is 9.88 Å². The summed E-state index contributed by atoms with van der Waals surface area (Å²) >= 11 is 0. The predicted octanol–water partition coefficient (Wildman–Crippen LogP) is 2.17. The average molecular weight is 310 g/mol. The molecule has 2 aromatic rings. The molecule has 0 spiro atoms. The molecule has 0 fully saturated rings. The van der Waals surface area contributed by atoms with Crippen LogP contribution in [0.5, 0.6) is 0 Å². The van der Waals surface area contributed by atoms with Crippen molar-refractivity contribution in [3.63, 3.8) is 0 Å². The number of fused-ring (bicyclic) bond motifs is 2. The van der Waals surface area contributed by atoms with Gasteiger partial charge in [-0.3, -0.25) is 9.78 Å². The third-order valence-corrected chi connectivity index (χ3v) is 4.66. The predicted molar refractivity (Wildman–Crippen MR) is 84.2 cm³/mol. The van der Waals surface area contributed by atoms with Crippen molar-refractivity contribution in [2.45, 2.75) is 32.7 Å². The molecule has 118 valence electrons. The van der Waals surface area contributed by atoms with Gasteiger partial charge in [0.25, 0.3) is 0 Å². The van der Waals surface area contributed by atoms with Gasteiger partial charge in [0.15, 0.2) is 0 Å². The fourth-order valence-electron chi connectivity index (χ4n) is 3.35. The van der Waals surface area contributed by atoms with Gasteiger partial charge in [0.2, 0.25) is 5.91 Å². The van der Waals surface area contributed by atoms with Crippen molar-refractivity contribution in [3.05, 3.63) is 52.8 Å². The normalized spacial score (nSPS) is 19.4. The number of pyridine rings is 1. The first kappa shape index (κ1) is 14.4. The summed E-state index contributed by atoms with van der Waals surface area (Å²) in [7, 11) is 0. The third-order valence-electron chi connectivity index (χ3n) is 4.66. The summed E-state index contributed by atoms with van der Waals surface area (Å²) in [6, 6.07) is 6.25. The van der Waals surface area contributed by atoms with E-state index < -0.39 is 6.10 Å². The van der Waals surface area contributed by atoms with Crippen LogP contribution in [0.2, 0.25) is 0 Å². The van der Waals surface area contributed by atoms with Gasteiger partial charge in [0, 0.05) is 43.5 Å². The van der Waals surface area contributed by atoms with Crippen LogP contribution in [0.3, 0.4) is 0 Å². The second-order valence-electron chi connectivity index (χ2n) is 6.14. The zero-order valence-corrected chi connectivity index (χ0v) is 13.0. The molecule has 23 heavy (non-hydrogen) atoms. The standard InChI is InChI=1S/C18H18N2O3/c1-11(21)20-7-13-3-2-12(4-14(13)8-20)15-5-19-6-16-17(15)9-23-10-18(16)22/h2-6,18,22H,7-10H2,1H3. The number of aromatic nitrogens is 1. The number of hydrogen-bond acceptors (Lipinski definition) is 4. The molecular weight excluding hydrogens is 292 g/mol. The van der Waals surface area contributed by atoms with Crippen molar-refractivity contribution in [2.24, 2.45) is 0 Å². The summed E-state index contributed by atoms with van der Waals surface area (Å²) in [4.78, 5) is 17.7. The number of nitrogens with zero attached hydrogens (tertiary/aromatic N) is 2. The van der Waals surface area contributed by atoms with E-state index >= 15 is 0 Å². The smallest absolute Gasteiger partial charge is 0.220 e. The zero-order valence-electron chi connectivity index (χ0n) is 13.0. The van der Waals surface area contributed by atoms with Gasteiger partial charge in [-0.2, -0.15) is 0 Å². The van der Waals surface area contributed by atoms with E-state index in [4.69, 9.17) is 4.74 Å². The number of amides is 1. The van der Waals surface area contributed by atoms with E-state index in [2.05, 4.69) is 23.2 Å². The van der Waals surface area contributed by atoms with Crippen LogP contribution in [0, 0.1) is 0 Å². The second-order valence-corrected chi connectivity index (χ2v) is 6.14. The van der Waals surface area contributed by atoms with E-state index in [-0.39, 0.29) is 5.91 Å². The number of carbonyl (C=O) groups excluding carboxylic acids is 1. The fraction of sp³-hybridized carbons (Fsp3) is 0.333. The Balaban J connectivity index is 1.75. The minimum Gasteiger partial charge on any atom is -0.386 e. The highest BCUT2D eigenvalue weighted by Crippen LogP contribution is 2.34. The third kappa shape index (κ3) is 2.42. The molecule has 1 N–H and O–H groups in total. The molecule has 2 aliphatic heterocycles. The Morgan fingerprint density at radius 3 is 2.96 bits per heavy atom. The highest BCUT2D eigenvalue weighted by molar-refractivity contribution is 5.75. The van der Waals surface area contributed by atoms with Crippen LogP contribution in [-0.4, -0.2) is 27.5 Å². The topological polar surface area (TPSA) is 62.7 Å². The van der Waals surface area contributed by atoms with Gasteiger partial charge in [0.1, 0.15) is 6.10 Å². The minimum atomic E-state index is -0.617. The maximum Gasteiger partial charge on any atom is 0.220 e. The first-order chi connectivity index (χ1) is 11.1. The molecule has 5 nitrogen and oxygen atoms in total.